The van der Waals surface area contributed by atoms with Crippen LogP contribution in [-0.4, -0.2) is 36.2 Å². The van der Waals surface area contributed by atoms with Crippen LogP contribution < -0.4 is 14.9 Å². The predicted molar refractivity (Wildman–Crippen MR) is 128 cm³/mol. The molecule has 9 heteroatoms. The average Bonchev–Trinajstić information content (AvgIpc) is 2.87. The summed E-state index contributed by atoms with van der Waals surface area (Å²) in [6.07, 6.45) is 1.19. The third-order valence-corrected chi connectivity index (χ3v) is 5.13. The minimum Gasteiger partial charge on any atom is -0.493 e. The smallest absolute Gasteiger partial charge is 0.282 e. The monoisotopic (exact) mass is 456 g/mol. The quantitative estimate of drug-likeness (QED) is 0.247. The summed E-state index contributed by atoms with van der Waals surface area (Å²) in [6.45, 7) is 0. The predicted octanol–water partition coefficient (Wildman–Crippen LogP) is 4.59. The lowest BCUT2D eigenvalue weighted by molar-refractivity contribution is -0.385. The molecular weight excluding hydrogens is 436 g/mol. The molecule has 0 fully saturated rings. The number of methoxy groups -OCH3 is 2. The van der Waals surface area contributed by atoms with Crippen molar-refractivity contribution in [3.8, 4) is 22.8 Å². The number of nitrogens with zero attached hydrogens (tertiary/aromatic N) is 3. The van der Waals surface area contributed by atoms with E-state index in [1.807, 2.05) is 48.5 Å². The van der Waals surface area contributed by atoms with Crippen molar-refractivity contribution < 1.29 is 19.2 Å². The van der Waals surface area contributed by atoms with E-state index >= 15 is 0 Å². The number of carbonyl (C=O) groups excluding carboxylic acids is 1. The number of fused-ring (bicyclic) bond motifs is 1. The van der Waals surface area contributed by atoms with Crippen molar-refractivity contribution in [3.63, 3.8) is 0 Å². The van der Waals surface area contributed by atoms with Gasteiger partial charge in [-0.25, -0.2) is 10.4 Å². The number of nitro benzene ring substituents is 1. The Hall–Kier alpha value is -4.79. The Morgan fingerprint density at radius 2 is 1.68 bits per heavy atom. The van der Waals surface area contributed by atoms with E-state index in [4.69, 9.17) is 9.47 Å². The topological polar surface area (TPSA) is 116 Å². The van der Waals surface area contributed by atoms with Crippen LogP contribution in [0, 0.1) is 10.1 Å². The maximum absolute atomic E-state index is 13.0. The van der Waals surface area contributed by atoms with Gasteiger partial charge in [-0.3, -0.25) is 14.9 Å². The number of hydrogen-bond acceptors (Lipinski definition) is 7. The molecule has 4 rings (SSSR count). The lowest BCUT2D eigenvalue weighted by Crippen LogP contribution is -2.18. The highest BCUT2D eigenvalue weighted by atomic mass is 16.6. The number of aromatic nitrogens is 1. The molecule has 0 saturated carbocycles. The van der Waals surface area contributed by atoms with Crippen molar-refractivity contribution in [1.82, 2.24) is 10.4 Å². The van der Waals surface area contributed by atoms with Gasteiger partial charge in [-0.05, 0) is 18.2 Å². The first kappa shape index (κ1) is 22.4. The molecule has 170 valence electrons. The van der Waals surface area contributed by atoms with Gasteiger partial charge in [0.1, 0.15) is 0 Å². The van der Waals surface area contributed by atoms with Gasteiger partial charge in [0.05, 0.1) is 53.8 Å². The summed E-state index contributed by atoms with van der Waals surface area (Å²) < 4.78 is 10.3. The number of nitro groups is 1. The van der Waals surface area contributed by atoms with Crippen molar-refractivity contribution in [1.29, 1.82) is 0 Å². The SMILES string of the molecule is COc1cc(/C=N/NC(=O)c2cc(-c3ccccc3)nc3ccccc23)c([N+](=O)[O-])cc1OC. The van der Waals surface area contributed by atoms with Gasteiger partial charge in [-0.15, -0.1) is 0 Å². The number of ether oxygens (including phenoxy) is 2. The molecule has 0 saturated heterocycles. The summed E-state index contributed by atoms with van der Waals surface area (Å²) in [4.78, 5) is 28.6. The van der Waals surface area contributed by atoms with Gasteiger partial charge in [0.15, 0.2) is 11.5 Å². The summed E-state index contributed by atoms with van der Waals surface area (Å²) in [5.41, 5.74) is 4.91. The zero-order chi connectivity index (χ0) is 24.1. The van der Waals surface area contributed by atoms with E-state index in [1.165, 1.54) is 32.6 Å². The van der Waals surface area contributed by atoms with Crippen LogP contribution in [0.1, 0.15) is 15.9 Å². The number of carbonyl (C=O) groups is 1. The molecular formula is C25H20N4O5. The molecule has 1 N–H and O–H groups in total. The first-order chi connectivity index (χ1) is 16.5. The first-order valence-electron chi connectivity index (χ1n) is 10.2. The Bertz CT molecular complexity index is 1400. The molecule has 0 atom stereocenters. The molecule has 34 heavy (non-hydrogen) atoms. The van der Waals surface area contributed by atoms with E-state index in [0.717, 1.165) is 5.56 Å². The van der Waals surface area contributed by atoms with E-state index in [0.29, 0.717) is 27.9 Å². The number of para-hydroxylation sites is 1. The van der Waals surface area contributed by atoms with E-state index in [2.05, 4.69) is 15.5 Å². The fourth-order valence-electron chi connectivity index (χ4n) is 3.49. The molecule has 1 amide bonds. The zero-order valence-corrected chi connectivity index (χ0v) is 18.4. The Labute approximate surface area is 194 Å². The maximum atomic E-state index is 13.0. The van der Waals surface area contributed by atoms with Crippen molar-refractivity contribution in [3.05, 3.63) is 94.0 Å². The average molecular weight is 456 g/mol. The molecule has 0 spiro atoms. The van der Waals surface area contributed by atoms with Crippen LogP contribution in [-0.2, 0) is 0 Å². The molecule has 1 heterocycles. The van der Waals surface area contributed by atoms with Crippen LogP contribution in [0.3, 0.4) is 0 Å². The number of hydrazone groups is 1. The van der Waals surface area contributed by atoms with Crippen molar-refractivity contribution >= 4 is 28.7 Å². The van der Waals surface area contributed by atoms with Gasteiger partial charge in [0.25, 0.3) is 11.6 Å². The third kappa shape index (κ3) is 4.53. The molecule has 0 aliphatic rings. The number of amides is 1. The molecule has 0 radical (unpaired) electrons. The maximum Gasteiger partial charge on any atom is 0.282 e. The van der Waals surface area contributed by atoms with Gasteiger partial charge in [-0.1, -0.05) is 48.5 Å². The number of pyridine rings is 1. The minimum absolute atomic E-state index is 0.146. The summed E-state index contributed by atoms with van der Waals surface area (Å²) >= 11 is 0. The highest BCUT2D eigenvalue weighted by Gasteiger charge is 2.19. The zero-order valence-electron chi connectivity index (χ0n) is 18.4. The molecule has 0 aliphatic carbocycles. The molecule has 0 aliphatic heterocycles. The fourth-order valence-corrected chi connectivity index (χ4v) is 3.49. The highest BCUT2D eigenvalue weighted by Crippen LogP contribution is 2.33. The summed E-state index contributed by atoms with van der Waals surface area (Å²) in [7, 11) is 2.81. The first-order valence-corrected chi connectivity index (χ1v) is 10.2. The van der Waals surface area contributed by atoms with Gasteiger partial charge in [-0.2, -0.15) is 5.10 Å². The second-order valence-electron chi connectivity index (χ2n) is 7.16. The van der Waals surface area contributed by atoms with Gasteiger partial charge in [0.2, 0.25) is 0 Å². The van der Waals surface area contributed by atoms with E-state index in [-0.39, 0.29) is 17.0 Å². The number of rotatable bonds is 7. The third-order valence-electron chi connectivity index (χ3n) is 5.13. The van der Waals surface area contributed by atoms with Gasteiger partial charge in [0, 0.05) is 10.9 Å². The Morgan fingerprint density at radius 1 is 1.00 bits per heavy atom. The Morgan fingerprint density at radius 3 is 2.38 bits per heavy atom. The number of benzene rings is 3. The second kappa shape index (κ2) is 9.78. The molecule has 1 aromatic heterocycles. The number of hydrogen-bond donors (Lipinski definition) is 1. The normalized spacial score (nSPS) is 10.9. The van der Waals surface area contributed by atoms with Crippen molar-refractivity contribution in [2.24, 2.45) is 5.10 Å². The van der Waals surface area contributed by atoms with E-state index in [9.17, 15) is 14.9 Å². The van der Waals surface area contributed by atoms with Crippen molar-refractivity contribution in [2.75, 3.05) is 14.2 Å². The Kier molecular flexibility index (Phi) is 6.45. The lowest BCUT2D eigenvalue weighted by Gasteiger charge is -2.09. The van der Waals surface area contributed by atoms with Crippen LogP contribution in [0.4, 0.5) is 5.69 Å². The van der Waals surface area contributed by atoms with Crippen molar-refractivity contribution in [2.45, 2.75) is 0 Å². The second-order valence-corrected chi connectivity index (χ2v) is 7.16. The van der Waals surface area contributed by atoms with Crippen LogP contribution in [0.5, 0.6) is 11.5 Å². The summed E-state index contributed by atoms with van der Waals surface area (Å²) in [5.74, 6) is 0.0377. The lowest BCUT2D eigenvalue weighted by atomic mass is 10.0. The minimum atomic E-state index is -0.562. The molecule has 4 aromatic rings. The highest BCUT2D eigenvalue weighted by molar-refractivity contribution is 6.07. The van der Waals surface area contributed by atoms with E-state index in [1.54, 1.807) is 12.1 Å². The molecule has 0 unspecified atom stereocenters. The molecule has 0 bridgehead atoms. The fraction of sp³-hybridized carbons (Fsp3) is 0.0800. The summed E-state index contributed by atoms with van der Waals surface area (Å²) in [6, 6.07) is 21.2. The van der Waals surface area contributed by atoms with Gasteiger partial charge >= 0.3 is 0 Å². The van der Waals surface area contributed by atoms with Crippen LogP contribution >= 0.6 is 0 Å². The van der Waals surface area contributed by atoms with Crippen LogP contribution in [0.25, 0.3) is 22.2 Å². The Balaban J connectivity index is 1.68. The largest absolute Gasteiger partial charge is 0.493 e. The van der Waals surface area contributed by atoms with Crippen LogP contribution in [0.2, 0.25) is 0 Å². The number of nitrogens with one attached hydrogen (secondary N) is 1. The van der Waals surface area contributed by atoms with Gasteiger partial charge < -0.3 is 9.47 Å². The van der Waals surface area contributed by atoms with E-state index < -0.39 is 10.8 Å². The molecule has 3 aromatic carbocycles. The molecule has 9 nitrogen and oxygen atoms in total. The standard InChI is InChI=1S/C25H20N4O5/c1-33-23-12-17(22(29(31)32)14-24(23)34-2)15-26-28-25(30)19-13-21(16-8-4-3-5-9-16)27-20-11-7-6-10-18(19)20/h3-15H,1-2H3,(H,28,30)/b26-15+. The summed E-state index contributed by atoms with van der Waals surface area (Å²) in [5, 5.41) is 16.1. The van der Waals surface area contributed by atoms with Crippen LogP contribution in [0.15, 0.2) is 77.9 Å².